The molecule has 0 bridgehead atoms. The topological polar surface area (TPSA) is 102 Å². The predicted octanol–water partition coefficient (Wildman–Crippen LogP) is 7.26. The number of aryl methyl sites for hydroxylation is 2. The van der Waals surface area contributed by atoms with Crippen molar-refractivity contribution in [3.8, 4) is 11.5 Å². The average molecular weight is 616 g/mol. The van der Waals surface area contributed by atoms with E-state index < -0.39 is 17.7 Å². The number of aliphatic hydroxyl groups excluding tert-OH is 1. The van der Waals surface area contributed by atoms with E-state index in [1.54, 1.807) is 30.3 Å². The molecule has 1 atom stereocenters. The van der Waals surface area contributed by atoms with Crippen molar-refractivity contribution < 1.29 is 24.2 Å². The number of carbonyl (C=O) groups excluding carboxylic acids is 2. The molecule has 8 nitrogen and oxygen atoms in total. The van der Waals surface area contributed by atoms with Crippen LogP contribution in [0.25, 0.3) is 5.76 Å². The smallest absolute Gasteiger partial charge is 0.301 e. The zero-order chi connectivity index (χ0) is 30.5. The molecular weight excluding hydrogens is 583 g/mol. The largest absolute Gasteiger partial charge is 0.507 e. The number of carbonyl (C=O) groups is 2. The summed E-state index contributed by atoms with van der Waals surface area (Å²) < 4.78 is 12.2. The van der Waals surface area contributed by atoms with Gasteiger partial charge in [-0.25, -0.2) is 0 Å². The van der Waals surface area contributed by atoms with E-state index >= 15 is 0 Å². The Hall–Kier alpha value is -4.15. The Kier molecular flexibility index (Phi) is 9.47. The molecule has 1 saturated heterocycles. The minimum Gasteiger partial charge on any atom is -0.507 e. The molecule has 1 aromatic heterocycles. The number of ketones is 1. The van der Waals surface area contributed by atoms with Gasteiger partial charge in [0, 0.05) is 11.3 Å². The van der Waals surface area contributed by atoms with Gasteiger partial charge in [0.2, 0.25) is 5.13 Å². The van der Waals surface area contributed by atoms with Gasteiger partial charge >= 0.3 is 5.91 Å². The van der Waals surface area contributed by atoms with Crippen LogP contribution in [0.1, 0.15) is 53.6 Å². The Labute approximate surface area is 259 Å². The van der Waals surface area contributed by atoms with Gasteiger partial charge in [0.25, 0.3) is 5.78 Å². The first kappa shape index (κ1) is 30.3. The van der Waals surface area contributed by atoms with Crippen LogP contribution >= 0.6 is 23.1 Å². The summed E-state index contributed by atoms with van der Waals surface area (Å²) in [6.07, 6.45) is 1.88. The van der Waals surface area contributed by atoms with Crippen LogP contribution in [0.15, 0.2) is 76.6 Å². The molecule has 0 aliphatic carbocycles. The Bertz CT molecular complexity index is 1650. The fourth-order valence-electron chi connectivity index (χ4n) is 4.70. The molecule has 43 heavy (non-hydrogen) atoms. The van der Waals surface area contributed by atoms with E-state index in [1.807, 2.05) is 26.0 Å². The minimum atomic E-state index is -0.956. The maximum absolute atomic E-state index is 13.6. The van der Waals surface area contributed by atoms with E-state index in [0.29, 0.717) is 39.3 Å². The molecule has 0 saturated carbocycles. The molecule has 3 aromatic carbocycles. The number of Topliss-reactive ketones (excluding diaryl/α,β-unsaturated/α-hetero) is 1. The summed E-state index contributed by atoms with van der Waals surface area (Å²) in [7, 11) is 1.54. The number of nitrogens with zero attached hydrogens (tertiary/aromatic N) is 3. The molecule has 0 radical (unpaired) electrons. The summed E-state index contributed by atoms with van der Waals surface area (Å²) in [4.78, 5) is 28.5. The first-order valence-electron chi connectivity index (χ1n) is 14.0. The Morgan fingerprint density at radius 2 is 1.67 bits per heavy atom. The summed E-state index contributed by atoms with van der Waals surface area (Å²) >= 11 is 2.73. The van der Waals surface area contributed by atoms with Crippen LogP contribution in [-0.2, 0) is 15.3 Å². The van der Waals surface area contributed by atoms with Gasteiger partial charge in [0.15, 0.2) is 15.8 Å². The number of hydrogen-bond acceptors (Lipinski definition) is 9. The lowest BCUT2D eigenvalue weighted by molar-refractivity contribution is -0.132. The van der Waals surface area contributed by atoms with Crippen LogP contribution in [0.3, 0.4) is 0 Å². The Morgan fingerprint density at radius 1 is 0.977 bits per heavy atom. The van der Waals surface area contributed by atoms with E-state index in [2.05, 4.69) is 41.4 Å². The van der Waals surface area contributed by atoms with Gasteiger partial charge in [-0.05, 0) is 43.5 Å². The lowest BCUT2D eigenvalue weighted by Gasteiger charge is -2.23. The highest BCUT2D eigenvalue weighted by atomic mass is 32.2. The van der Waals surface area contributed by atoms with Gasteiger partial charge in [-0.2, -0.15) is 0 Å². The van der Waals surface area contributed by atoms with Crippen molar-refractivity contribution in [2.45, 2.75) is 49.7 Å². The first-order chi connectivity index (χ1) is 20.8. The molecule has 1 amide bonds. The number of amides is 1. The van der Waals surface area contributed by atoms with Crippen LogP contribution in [0.2, 0.25) is 0 Å². The highest BCUT2D eigenvalue weighted by Gasteiger charge is 2.48. The summed E-state index contributed by atoms with van der Waals surface area (Å²) in [6.45, 7) is 6.59. The van der Waals surface area contributed by atoms with Crippen LogP contribution in [0.4, 0.5) is 5.13 Å². The van der Waals surface area contributed by atoms with Crippen LogP contribution in [-0.4, -0.2) is 40.7 Å². The number of anilines is 1. The lowest BCUT2D eigenvalue weighted by Crippen LogP contribution is -2.29. The monoisotopic (exact) mass is 615 g/mol. The third-order valence-electron chi connectivity index (χ3n) is 7.11. The number of ether oxygens (including phenoxy) is 2. The molecule has 1 aliphatic rings. The fourth-order valence-corrected chi connectivity index (χ4v) is 6.52. The lowest BCUT2D eigenvalue weighted by atomic mass is 9.95. The third-order valence-corrected chi connectivity index (χ3v) is 9.24. The molecule has 1 N–H and O–H groups in total. The van der Waals surface area contributed by atoms with Gasteiger partial charge in [0.1, 0.15) is 5.76 Å². The second-order valence-electron chi connectivity index (χ2n) is 10.3. The maximum atomic E-state index is 13.6. The summed E-state index contributed by atoms with van der Waals surface area (Å²) in [6, 6.07) is 19.7. The van der Waals surface area contributed by atoms with Gasteiger partial charge in [0.05, 0.1) is 25.3 Å². The van der Waals surface area contributed by atoms with Gasteiger partial charge in [-0.3, -0.25) is 14.5 Å². The maximum Gasteiger partial charge on any atom is 0.301 e. The average Bonchev–Trinajstić information content (AvgIpc) is 3.59. The van der Waals surface area contributed by atoms with E-state index in [4.69, 9.17) is 9.47 Å². The number of aromatic nitrogens is 2. The number of benzene rings is 3. The van der Waals surface area contributed by atoms with Crippen molar-refractivity contribution in [1.82, 2.24) is 10.2 Å². The molecular formula is C33H33N3O5S2. The highest BCUT2D eigenvalue weighted by molar-refractivity contribution is 8.00. The summed E-state index contributed by atoms with van der Waals surface area (Å²) in [5, 5.41) is 20.3. The molecule has 10 heteroatoms. The number of unbranched alkanes of at least 4 members (excludes halogenated alkanes) is 1. The van der Waals surface area contributed by atoms with E-state index in [1.165, 1.54) is 40.7 Å². The first-order valence-corrected chi connectivity index (χ1v) is 15.8. The number of rotatable bonds is 11. The number of aliphatic hydroxyl groups is 1. The van der Waals surface area contributed by atoms with Crippen molar-refractivity contribution in [3.63, 3.8) is 0 Å². The Morgan fingerprint density at radius 3 is 2.35 bits per heavy atom. The predicted molar refractivity (Wildman–Crippen MR) is 170 cm³/mol. The quantitative estimate of drug-likeness (QED) is 0.0470. The number of thioether (sulfide) groups is 1. The molecule has 0 spiro atoms. The fraction of sp³-hybridized carbons (Fsp3) is 0.273. The molecule has 1 fully saturated rings. The molecule has 222 valence electrons. The minimum absolute atomic E-state index is 0.0281. The van der Waals surface area contributed by atoms with Crippen molar-refractivity contribution in [2.24, 2.45) is 0 Å². The van der Waals surface area contributed by atoms with Crippen molar-refractivity contribution in [1.29, 1.82) is 0 Å². The second kappa shape index (κ2) is 13.4. The van der Waals surface area contributed by atoms with Gasteiger partial charge in [-0.15, -0.1) is 10.2 Å². The van der Waals surface area contributed by atoms with Gasteiger partial charge in [-0.1, -0.05) is 102 Å². The van der Waals surface area contributed by atoms with Crippen molar-refractivity contribution >= 4 is 45.7 Å². The summed E-state index contributed by atoms with van der Waals surface area (Å²) in [5.74, 6) is -0.142. The zero-order valence-electron chi connectivity index (χ0n) is 24.5. The standard InChI is InChI=1S/C33H33N3O5S2/c1-5-6-17-41-25-16-15-24(18-26(25)40-4)28-27(29(37)23-13-9-21(3)10-14-23)30(38)31(39)36(28)32-34-35-33(43-32)42-19-22-11-7-20(2)8-12-22/h7-16,18,28,37H,5-6,17,19H2,1-4H3/b29-27-. The van der Waals surface area contributed by atoms with E-state index in [9.17, 15) is 14.7 Å². The van der Waals surface area contributed by atoms with E-state index in [0.717, 1.165) is 24.0 Å². The van der Waals surface area contributed by atoms with Crippen molar-refractivity contribution in [3.05, 3.63) is 100 Å². The van der Waals surface area contributed by atoms with Crippen LogP contribution in [0.5, 0.6) is 11.5 Å². The molecule has 1 aliphatic heterocycles. The highest BCUT2D eigenvalue weighted by Crippen LogP contribution is 2.45. The summed E-state index contributed by atoms with van der Waals surface area (Å²) in [5.41, 5.74) is 4.30. The van der Waals surface area contributed by atoms with Crippen molar-refractivity contribution in [2.75, 3.05) is 18.6 Å². The molecule has 4 aromatic rings. The van der Waals surface area contributed by atoms with Gasteiger partial charge < -0.3 is 14.6 Å². The normalized spacial score (nSPS) is 16.1. The number of hydrogen-bond donors (Lipinski definition) is 1. The Balaban J connectivity index is 1.55. The van der Waals surface area contributed by atoms with E-state index in [-0.39, 0.29) is 16.5 Å². The molecule has 5 rings (SSSR count). The SMILES string of the molecule is CCCCOc1ccc(C2/C(=C(/O)c3ccc(C)cc3)C(=O)C(=O)N2c2nnc(SCc3ccc(C)cc3)s2)cc1OC. The zero-order valence-corrected chi connectivity index (χ0v) is 26.1. The third kappa shape index (κ3) is 6.60. The number of methoxy groups -OCH3 is 1. The van der Waals surface area contributed by atoms with Crippen LogP contribution < -0.4 is 14.4 Å². The van der Waals surface area contributed by atoms with Crippen LogP contribution in [0, 0.1) is 13.8 Å². The molecule has 2 heterocycles. The second-order valence-corrected chi connectivity index (χ2v) is 12.5. The molecule has 1 unspecified atom stereocenters.